The number of carbonyl (C=O) groups is 1. The molecule has 2 heterocycles. The van der Waals surface area contributed by atoms with Gasteiger partial charge in [-0.15, -0.1) is 0 Å². The van der Waals surface area contributed by atoms with E-state index in [1.165, 1.54) is 0 Å². The van der Waals surface area contributed by atoms with E-state index in [0.29, 0.717) is 54.9 Å². The van der Waals surface area contributed by atoms with Crippen LogP contribution in [0.25, 0.3) is 11.4 Å². The fraction of sp³-hybridized carbons (Fsp3) is 0.421. The standard InChI is InChI=1S/C19H24N4O6S2/c1-30(25,26)12-16-11-17(23-7-9-29-10-8-23)22-19(21-16)14-3-5-15(6-4-14)20-18(24)13-31(2,27)28/h3-6,11H,7-10,12-13H2,1-2H3,(H,20,24). The lowest BCUT2D eigenvalue weighted by Gasteiger charge is -2.28. The molecule has 1 aliphatic rings. The molecule has 1 saturated heterocycles. The van der Waals surface area contributed by atoms with Crippen LogP contribution in [0.5, 0.6) is 0 Å². The topological polar surface area (TPSA) is 136 Å². The number of hydrogen-bond donors (Lipinski definition) is 1. The molecule has 10 nitrogen and oxygen atoms in total. The van der Waals surface area contributed by atoms with Crippen molar-refractivity contribution in [1.82, 2.24) is 9.97 Å². The highest BCUT2D eigenvalue weighted by molar-refractivity contribution is 7.91. The van der Waals surface area contributed by atoms with Crippen LogP contribution in [-0.4, -0.2) is 77.3 Å². The number of ether oxygens (including phenoxy) is 1. The molecule has 3 rings (SSSR count). The average Bonchev–Trinajstić information content (AvgIpc) is 2.66. The van der Waals surface area contributed by atoms with Gasteiger partial charge in [-0.2, -0.15) is 0 Å². The zero-order valence-corrected chi connectivity index (χ0v) is 18.9. The van der Waals surface area contributed by atoms with E-state index in [1.807, 2.05) is 4.90 Å². The molecule has 0 saturated carbocycles. The maximum Gasteiger partial charge on any atom is 0.239 e. The van der Waals surface area contributed by atoms with Crippen LogP contribution >= 0.6 is 0 Å². The first kappa shape index (κ1) is 23.1. The first-order valence-corrected chi connectivity index (χ1v) is 13.6. The highest BCUT2D eigenvalue weighted by Crippen LogP contribution is 2.23. The minimum atomic E-state index is -3.42. The molecule has 12 heteroatoms. The monoisotopic (exact) mass is 468 g/mol. The van der Waals surface area contributed by atoms with Crippen molar-refractivity contribution in [2.75, 3.05) is 54.8 Å². The molecule has 168 valence electrons. The van der Waals surface area contributed by atoms with Crippen LogP contribution in [0, 0.1) is 0 Å². The molecule has 1 aromatic carbocycles. The number of nitrogens with zero attached hydrogens (tertiary/aromatic N) is 3. The van der Waals surface area contributed by atoms with Crippen molar-refractivity contribution in [1.29, 1.82) is 0 Å². The van der Waals surface area contributed by atoms with Crippen LogP contribution in [0.15, 0.2) is 30.3 Å². The Kier molecular flexibility index (Phi) is 6.92. The quantitative estimate of drug-likeness (QED) is 0.616. The molecule has 0 unspecified atom stereocenters. The van der Waals surface area contributed by atoms with E-state index in [1.54, 1.807) is 30.3 Å². The van der Waals surface area contributed by atoms with Crippen LogP contribution in [0.4, 0.5) is 11.5 Å². The zero-order chi connectivity index (χ0) is 22.6. The summed E-state index contributed by atoms with van der Waals surface area (Å²) < 4.78 is 51.4. The lowest BCUT2D eigenvalue weighted by Crippen LogP contribution is -2.37. The van der Waals surface area contributed by atoms with Gasteiger partial charge in [-0.25, -0.2) is 26.8 Å². The van der Waals surface area contributed by atoms with Gasteiger partial charge in [-0.3, -0.25) is 4.79 Å². The maximum absolute atomic E-state index is 11.8. The Morgan fingerprint density at radius 2 is 1.68 bits per heavy atom. The van der Waals surface area contributed by atoms with Gasteiger partial charge in [0, 0.05) is 42.9 Å². The normalized spacial score (nSPS) is 15.0. The molecular formula is C19H24N4O6S2. The van der Waals surface area contributed by atoms with Crippen LogP contribution in [0.3, 0.4) is 0 Å². The SMILES string of the molecule is CS(=O)(=O)CC(=O)Nc1ccc(-c2nc(CS(C)(=O)=O)cc(N3CCOCC3)n2)cc1. The van der Waals surface area contributed by atoms with E-state index in [0.717, 1.165) is 12.5 Å². The van der Waals surface area contributed by atoms with Crippen molar-refractivity contribution in [2.24, 2.45) is 0 Å². The van der Waals surface area contributed by atoms with Gasteiger partial charge in [0.2, 0.25) is 5.91 Å². The van der Waals surface area contributed by atoms with Gasteiger partial charge in [0.1, 0.15) is 11.6 Å². The predicted molar refractivity (Wildman–Crippen MR) is 117 cm³/mol. The Morgan fingerprint density at radius 1 is 1.03 bits per heavy atom. The predicted octanol–water partition coefficient (Wildman–Crippen LogP) is 0.508. The summed E-state index contributed by atoms with van der Waals surface area (Å²) in [5, 5.41) is 2.52. The van der Waals surface area contributed by atoms with Crippen molar-refractivity contribution in [3.05, 3.63) is 36.0 Å². The minimum absolute atomic E-state index is 0.209. The highest BCUT2D eigenvalue weighted by atomic mass is 32.2. The smallest absolute Gasteiger partial charge is 0.239 e. The van der Waals surface area contributed by atoms with Gasteiger partial charge in [0.15, 0.2) is 25.5 Å². The summed E-state index contributed by atoms with van der Waals surface area (Å²) in [6.45, 7) is 2.39. The molecule has 1 N–H and O–H groups in total. The van der Waals surface area contributed by atoms with E-state index in [9.17, 15) is 21.6 Å². The third-order valence-corrected chi connectivity index (χ3v) is 5.94. The van der Waals surface area contributed by atoms with Crippen LogP contribution in [0.1, 0.15) is 5.69 Å². The Bertz CT molecular complexity index is 1160. The van der Waals surface area contributed by atoms with Crippen molar-refractivity contribution in [3.8, 4) is 11.4 Å². The van der Waals surface area contributed by atoms with Gasteiger partial charge in [-0.1, -0.05) is 0 Å². The molecule has 1 aromatic heterocycles. The first-order valence-electron chi connectivity index (χ1n) is 9.45. The molecular weight excluding hydrogens is 444 g/mol. The molecule has 31 heavy (non-hydrogen) atoms. The largest absolute Gasteiger partial charge is 0.378 e. The summed E-state index contributed by atoms with van der Waals surface area (Å²) in [7, 11) is -6.71. The number of carbonyl (C=O) groups excluding carboxylic acids is 1. The van der Waals surface area contributed by atoms with Gasteiger partial charge < -0.3 is 15.0 Å². The van der Waals surface area contributed by atoms with Crippen LogP contribution < -0.4 is 10.2 Å². The third-order valence-electron chi connectivity index (χ3n) is 4.33. The summed E-state index contributed by atoms with van der Waals surface area (Å²) in [5.74, 6) is -0.459. The molecule has 0 spiro atoms. The number of benzene rings is 1. The molecule has 0 atom stereocenters. The van der Waals surface area contributed by atoms with Gasteiger partial charge in [0.25, 0.3) is 0 Å². The number of morpholine rings is 1. The van der Waals surface area contributed by atoms with E-state index in [-0.39, 0.29) is 5.75 Å². The number of aromatic nitrogens is 2. The number of nitrogens with one attached hydrogen (secondary N) is 1. The molecule has 1 fully saturated rings. The lowest BCUT2D eigenvalue weighted by molar-refractivity contribution is -0.113. The summed E-state index contributed by atoms with van der Waals surface area (Å²) >= 11 is 0. The first-order chi connectivity index (χ1) is 14.5. The Morgan fingerprint density at radius 3 is 2.26 bits per heavy atom. The van der Waals surface area contributed by atoms with E-state index in [2.05, 4.69) is 15.3 Å². The Hall–Kier alpha value is -2.57. The fourth-order valence-electron chi connectivity index (χ4n) is 3.05. The highest BCUT2D eigenvalue weighted by Gasteiger charge is 2.18. The number of anilines is 2. The second-order valence-electron chi connectivity index (χ2n) is 7.41. The summed E-state index contributed by atoms with van der Waals surface area (Å²) in [6.07, 6.45) is 2.14. The second-order valence-corrected chi connectivity index (χ2v) is 11.7. The number of amides is 1. The maximum atomic E-state index is 11.8. The van der Waals surface area contributed by atoms with Crippen molar-refractivity contribution in [2.45, 2.75) is 5.75 Å². The van der Waals surface area contributed by atoms with Crippen LogP contribution in [0.2, 0.25) is 0 Å². The molecule has 0 bridgehead atoms. The van der Waals surface area contributed by atoms with E-state index < -0.39 is 31.3 Å². The van der Waals surface area contributed by atoms with Gasteiger partial charge in [0.05, 0.1) is 24.7 Å². The summed E-state index contributed by atoms with van der Waals surface area (Å²) in [5.41, 5.74) is 1.45. The minimum Gasteiger partial charge on any atom is -0.378 e. The molecule has 0 radical (unpaired) electrons. The third kappa shape index (κ3) is 7.26. The van der Waals surface area contributed by atoms with Crippen molar-refractivity contribution < 1.29 is 26.4 Å². The number of rotatable bonds is 7. The average molecular weight is 469 g/mol. The molecule has 2 aromatic rings. The van der Waals surface area contributed by atoms with Crippen molar-refractivity contribution in [3.63, 3.8) is 0 Å². The zero-order valence-electron chi connectivity index (χ0n) is 17.2. The molecule has 0 aliphatic carbocycles. The number of hydrogen-bond acceptors (Lipinski definition) is 9. The van der Waals surface area contributed by atoms with E-state index in [4.69, 9.17) is 4.74 Å². The van der Waals surface area contributed by atoms with Crippen LogP contribution in [-0.2, 0) is 35.0 Å². The number of sulfone groups is 2. The lowest BCUT2D eigenvalue weighted by atomic mass is 10.2. The molecule has 1 aliphatic heterocycles. The Labute approximate surface area is 181 Å². The van der Waals surface area contributed by atoms with Crippen molar-refractivity contribution >= 4 is 37.1 Å². The second kappa shape index (κ2) is 9.28. The van der Waals surface area contributed by atoms with Gasteiger partial charge >= 0.3 is 0 Å². The molecule has 1 amide bonds. The Balaban J connectivity index is 1.87. The van der Waals surface area contributed by atoms with E-state index >= 15 is 0 Å². The summed E-state index contributed by atoms with van der Waals surface area (Å²) in [6, 6.07) is 8.25. The fourth-order valence-corrected chi connectivity index (χ4v) is 4.28. The summed E-state index contributed by atoms with van der Waals surface area (Å²) in [4.78, 5) is 22.8. The van der Waals surface area contributed by atoms with Gasteiger partial charge in [-0.05, 0) is 24.3 Å².